The molecule has 0 spiro atoms. The Hall–Kier alpha value is -1.91. The Morgan fingerprint density at radius 2 is 1.90 bits per heavy atom. The molecule has 102 valence electrons. The number of halogens is 2. The molecule has 0 saturated carbocycles. The second-order valence-electron chi connectivity index (χ2n) is 4.55. The van der Waals surface area contributed by atoms with Crippen molar-refractivity contribution in [1.29, 1.82) is 0 Å². The summed E-state index contributed by atoms with van der Waals surface area (Å²) in [6, 6.07) is 10.6. The second-order valence-corrected chi connectivity index (χ2v) is 5.37. The smallest absolute Gasteiger partial charge is 0.272 e. The highest BCUT2D eigenvalue weighted by atomic mass is 35.5. The van der Waals surface area contributed by atoms with Crippen molar-refractivity contribution < 1.29 is 0 Å². The number of nitrogens with one attached hydrogen (secondary N) is 1. The van der Waals surface area contributed by atoms with Crippen LogP contribution in [0.4, 0.5) is 5.69 Å². The third-order valence-corrected chi connectivity index (χ3v) is 3.86. The maximum atomic E-state index is 11.9. The topological polar surface area (TPSA) is 63.8 Å². The van der Waals surface area contributed by atoms with Crippen LogP contribution in [0.5, 0.6) is 0 Å². The average Bonchev–Trinajstić information content (AvgIpc) is 2.70. The number of rotatable bonds is 2. The van der Waals surface area contributed by atoms with E-state index in [9.17, 15) is 4.79 Å². The van der Waals surface area contributed by atoms with Crippen LogP contribution in [0, 0.1) is 0 Å². The maximum Gasteiger partial charge on any atom is 0.272 e. The Bertz CT molecular complexity index is 851. The SMILES string of the molecule is Nc1ccc2c(c1)c(=O)[nH]n2Cc1ccc(Cl)c(Cl)c1. The van der Waals surface area contributed by atoms with Gasteiger partial charge in [-0.15, -0.1) is 0 Å². The van der Waals surface area contributed by atoms with Crippen LogP contribution in [0.2, 0.25) is 10.0 Å². The first-order valence-electron chi connectivity index (χ1n) is 5.96. The van der Waals surface area contributed by atoms with Gasteiger partial charge in [0.15, 0.2) is 0 Å². The molecule has 3 aromatic rings. The zero-order valence-electron chi connectivity index (χ0n) is 10.4. The predicted octanol–water partition coefficient (Wildman–Crippen LogP) is 3.27. The van der Waals surface area contributed by atoms with Gasteiger partial charge in [-0.25, -0.2) is 0 Å². The van der Waals surface area contributed by atoms with E-state index in [0.29, 0.717) is 27.7 Å². The van der Waals surface area contributed by atoms with E-state index in [-0.39, 0.29) is 5.56 Å². The Balaban J connectivity index is 2.06. The molecule has 0 aliphatic rings. The molecule has 1 aromatic heterocycles. The number of benzene rings is 2. The molecule has 3 rings (SSSR count). The van der Waals surface area contributed by atoms with Crippen molar-refractivity contribution in [2.45, 2.75) is 6.54 Å². The summed E-state index contributed by atoms with van der Waals surface area (Å²) in [5, 5.41) is 4.37. The van der Waals surface area contributed by atoms with E-state index in [1.807, 2.05) is 12.1 Å². The number of H-pyrrole nitrogens is 1. The summed E-state index contributed by atoms with van der Waals surface area (Å²) in [6.07, 6.45) is 0. The average molecular weight is 308 g/mol. The van der Waals surface area contributed by atoms with Gasteiger partial charge in [-0.3, -0.25) is 14.6 Å². The number of nitrogens with two attached hydrogens (primary N) is 1. The number of fused-ring (bicyclic) bond motifs is 1. The van der Waals surface area contributed by atoms with Crippen LogP contribution in [-0.2, 0) is 6.54 Å². The molecule has 20 heavy (non-hydrogen) atoms. The van der Waals surface area contributed by atoms with Gasteiger partial charge in [0.05, 0.1) is 27.5 Å². The summed E-state index contributed by atoms with van der Waals surface area (Å²) in [6.45, 7) is 0.500. The Labute approximate surface area is 124 Å². The largest absolute Gasteiger partial charge is 0.399 e. The minimum absolute atomic E-state index is 0.160. The van der Waals surface area contributed by atoms with Crippen molar-refractivity contribution in [2.24, 2.45) is 0 Å². The highest BCUT2D eigenvalue weighted by molar-refractivity contribution is 6.42. The lowest BCUT2D eigenvalue weighted by Gasteiger charge is -2.06. The zero-order valence-corrected chi connectivity index (χ0v) is 11.9. The molecule has 1 heterocycles. The molecule has 0 radical (unpaired) electrons. The lowest BCUT2D eigenvalue weighted by Crippen LogP contribution is -2.06. The molecule has 0 aliphatic heterocycles. The van der Waals surface area contributed by atoms with Crippen molar-refractivity contribution in [1.82, 2.24) is 9.78 Å². The molecule has 0 saturated heterocycles. The zero-order chi connectivity index (χ0) is 14.3. The predicted molar refractivity (Wildman–Crippen MR) is 82.5 cm³/mol. The minimum atomic E-state index is -0.160. The molecule has 0 amide bonds. The second kappa shape index (κ2) is 4.89. The first-order valence-corrected chi connectivity index (χ1v) is 6.72. The molecule has 0 bridgehead atoms. The lowest BCUT2D eigenvalue weighted by atomic mass is 10.2. The molecular formula is C14H11Cl2N3O. The van der Waals surface area contributed by atoms with Gasteiger partial charge in [0, 0.05) is 5.69 Å². The lowest BCUT2D eigenvalue weighted by molar-refractivity contribution is 0.703. The summed E-state index contributed by atoms with van der Waals surface area (Å²) in [5.41, 5.74) is 7.85. The summed E-state index contributed by atoms with van der Waals surface area (Å²) in [4.78, 5) is 11.9. The highest BCUT2D eigenvalue weighted by Gasteiger charge is 2.08. The standard InChI is InChI=1S/C14H11Cl2N3O/c15-11-3-1-8(5-12(11)16)7-19-13-4-2-9(17)6-10(13)14(20)18-19/h1-6H,7,17H2,(H,18,20). The number of nitrogens with zero attached hydrogens (tertiary/aromatic N) is 1. The first-order chi connectivity index (χ1) is 9.54. The van der Waals surface area contributed by atoms with Crippen LogP contribution in [0.1, 0.15) is 5.56 Å². The van der Waals surface area contributed by atoms with Gasteiger partial charge in [-0.1, -0.05) is 29.3 Å². The molecule has 0 atom stereocenters. The van der Waals surface area contributed by atoms with E-state index >= 15 is 0 Å². The van der Waals surface area contributed by atoms with Crippen molar-refractivity contribution in [2.75, 3.05) is 5.73 Å². The number of aromatic amines is 1. The quantitative estimate of drug-likeness (QED) is 0.714. The number of anilines is 1. The van der Waals surface area contributed by atoms with Gasteiger partial charge in [0.2, 0.25) is 0 Å². The van der Waals surface area contributed by atoms with Crippen LogP contribution in [0.3, 0.4) is 0 Å². The Morgan fingerprint density at radius 3 is 2.65 bits per heavy atom. The molecule has 6 heteroatoms. The van der Waals surface area contributed by atoms with Gasteiger partial charge in [-0.2, -0.15) is 0 Å². The van der Waals surface area contributed by atoms with Crippen LogP contribution in [-0.4, -0.2) is 9.78 Å². The molecule has 2 aromatic carbocycles. The van der Waals surface area contributed by atoms with E-state index in [1.165, 1.54) is 0 Å². The molecule has 0 unspecified atom stereocenters. The molecule has 4 nitrogen and oxygen atoms in total. The summed E-state index contributed by atoms with van der Waals surface area (Å²) in [5.74, 6) is 0. The van der Waals surface area contributed by atoms with E-state index < -0.39 is 0 Å². The van der Waals surface area contributed by atoms with Crippen molar-refractivity contribution in [3.05, 3.63) is 62.4 Å². The minimum Gasteiger partial charge on any atom is -0.399 e. The van der Waals surface area contributed by atoms with Gasteiger partial charge in [0.1, 0.15) is 0 Å². The molecule has 3 N–H and O–H groups in total. The monoisotopic (exact) mass is 307 g/mol. The van der Waals surface area contributed by atoms with Crippen LogP contribution in [0.15, 0.2) is 41.2 Å². The fraction of sp³-hybridized carbons (Fsp3) is 0.0714. The fourth-order valence-corrected chi connectivity index (χ4v) is 2.48. The Morgan fingerprint density at radius 1 is 1.10 bits per heavy atom. The molecule has 0 aliphatic carbocycles. The van der Waals surface area contributed by atoms with Gasteiger partial charge in [-0.05, 0) is 35.9 Å². The highest BCUT2D eigenvalue weighted by Crippen LogP contribution is 2.23. The van der Waals surface area contributed by atoms with E-state index in [1.54, 1.807) is 28.9 Å². The molecule has 0 fully saturated rings. The van der Waals surface area contributed by atoms with Crippen LogP contribution < -0.4 is 11.3 Å². The maximum absolute atomic E-state index is 11.9. The Kier molecular flexibility index (Phi) is 3.20. The van der Waals surface area contributed by atoms with Crippen LogP contribution in [0.25, 0.3) is 10.9 Å². The fourth-order valence-electron chi connectivity index (χ4n) is 2.16. The summed E-state index contributed by atoms with van der Waals surface area (Å²) < 4.78 is 1.76. The van der Waals surface area contributed by atoms with Crippen LogP contribution >= 0.6 is 23.2 Å². The van der Waals surface area contributed by atoms with E-state index in [4.69, 9.17) is 28.9 Å². The van der Waals surface area contributed by atoms with Gasteiger partial charge >= 0.3 is 0 Å². The third-order valence-electron chi connectivity index (χ3n) is 3.12. The van der Waals surface area contributed by atoms with Gasteiger partial charge in [0.25, 0.3) is 5.56 Å². The molecular weight excluding hydrogens is 297 g/mol. The van der Waals surface area contributed by atoms with Crippen molar-refractivity contribution in [3.8, 4) is 0 Å². The van der Waals surface area contributed by atoms with E-state index in [0.717, 1.165) is 11.1 Å². The normalized spacial score (nSPS) is 11.1. The van der Waals surface area contributed by atoms with Crippen molar-refractivity contribution >= 4 is 39.8 Å². The summed E-state index contributed by atoms with van der Waals surface area (Å²) >= 11 is 11.9. The first kappa shape index (κ1) is 13.1. The number of nitrogen functional groups attached to an aromatic ring is 1. The van der Waals surface area contributed by atoms with E-state index in [2.05, 4.69) is 5.10 Å². The van der Waals surface area contributed by atoms with Gasteiger partial charge < -0.3 is 5.73 Å². The summed E-state index contributed by atoms with van der Waals surface area (Å²) in [7, 11) is 0. The van der Waals surface area contributed by atoms with Crippen molar-refractivity contribution in [3.63, 3.8) is 0 Å². The third kappa shape index (κ3) is 2.28. The number of hydrogen-bond donors (Lipinski definition) is 2. The number of aromatic nitrogens is 2. The number of hydrogen-bond acceptors (Lipinski definition) is 2.